The maximum absolute atomic E-state index is 14.1. The van der Waals surface area contributed by atoms with Gasteiger partial charge in [0.25, 0.3) is 5.56 Å². The molecule has 2 aromatic heterocycles. The third-order valence-corrected chi connectivity index (χ3v) is 5.83. The molecule has 0 spiro atoms. The van der Waals surface area contributed by atoms with Crippen molar-refractivity contribution in [3.05, 3.63) is 63.8 Å². The van der Waals surface area contributed by atoms with E-state index in [4.69, 9.17) is 0 Å². The molecule has 0 bridgehead atoms. The lowest BCUT2D eigenvalue weighted by Crippen LogP contribution is -2.52. The number of hydrogen-bond acceptors (Lipinski definition) is 6. The Labute approximate surface area is 192 Å². The minimum atomic E-state index is -4.96. The summed E-state index contributed by atoms with van der Waals surface area (Å²) in [5.74, 6) is -1.94. The van der Waals surface area contributed by atoms with E-state index in [2.05, 4.69) is 19.5 Å². The van der Waals surface area contributed by atoms with Crippen LogP contribution in [0.15, 0.2) is 41.2 Å². The zero-order valence-electron chi connectivity index (χ0n) is 18.4. The van der Waals surface area contributed by atoms with E-state index in [9.17, 15) is 27.6 Å². The number of aryl methyl sites for hydroxylation is 1. The fourth-order valence-electron chi connectivity index (χ4n) is 4.24. The highest BCUT2D eigenvalue weighted by Gasteiger charge is 2.32. The number of piperazine rings is 1. The molecular formula is C23H21F4N5O2. The second kappa shape index (κ2) is 8.95. The molecule has 0 radical (unpaired) electrons. The van der Waals surface area contributed by atoms with Gasteiger partial charge in [0, 0.05) is 45.3 Å². The first-order valence-corrected chi connectivity index (χ1v) is 10.5. The van der Waals surface area contributed by atoms with Gasteiger partial charge >= 0.3 is 6.36 Å². The number of fused-ring (bicyclic) bond motifs is 1. The number of benzene rings is 1. The van der Waals surface area contributed by atoms with E-state index in [-0.39, 0.29) is 17.3 Å². The molecule has 3 aromatic rings. The molecule has 1 aliphatic rings. The minimum Gasteiger partial charge on any atom is -0.403 e. The average Bonchev–Trinajstić information content (AvgIpc) is 2.77. The minimum absolute atomic E-state index is 0.0470. The Kier molecular flexibility index (Phi) is 6.18. The smallest absolute Gasteiger partial charge is 0.403 e. The van der Waals surface area contributed by atoms with Crippen LogP contribution in [0.5, 0.6) is 5.75 Å². The fraction of sp³-hybridized carbons (Fsp3) is 0.348. The van der Waals surface area contributed by atoms with Crippen LogP contribution in [0.4, 0.5) is 23.2 Å². The van der Waals surface area contributed by atoms with Gasteiger partial charge in [0.1, 0.15) is 17.3 Å². The molecule has 0 N–H and O–H groups in total. The first-order chi connectivity index (χ1) is 16.1. The van der Waals surface area contributed by atoms with Crippen LogP contribution in [0.25, 0.3) is 11.0 Å². The monoisotopic (exact) mass is 475 g/mol. The lowest BCUT2D eigenvalue weighted by atomic mass is 10.1. The van der Waals surface area contributed by atoms with E-state index in [1.807, 2.05) is 13.0 Å². The molecule has 0 unspecified atom stereocenters. The predicted molar refractivity (Wildman–Crippen MR) is 117 cm³/mol. The summed E-state index contributed by atoms with van der Waals surface area (Å²) in [4.78, 5) is 21.1. The highest BCUT2D eigenvalue weighted by atomic mass is 19.4. The number of alkyl halides is 3. The number of nitriles is 1. The molecule has 4 rings (SSSR count). The van der Waals surface area contributed by atoms with Crippen molar-refractivity contribution >= 4 is 16.7 Å². The molecule has 1 atom stereocenters. The van der Waals surface area contributed by atoms with Crippen molar-refractivity contribution in [3.8, 4) is 11.8 Å². The number of aromatic nitrogens is 2. The van der Waals surface area contributed by atoms with Gasteiger partial charge in [0.15, 0.2) is 11.6 Å². The molecule has 0 saturated carbocycles. The quantitative estimate of drug-likeness (QED) is 0.538. The van der Waals surface area contributed by atoms with E-state index in [0.29, 0.717) is 48.5 Å². The molecule has 0 aliphatic carbocycles. The third-order valence-electron chi connectivity index (χ3n) is 5.83. The average molecular weight is 475 g/mol. The van der Waals surface area contributed by atoms with Gasteiger partial charge in [-0.05, 0) is 36.8 Å². The van der Waals surface area contributed by atoms with E-state index < -0.39 is 17.9 Å². The number of anilines is 1. The molecule has 1 aliphatic heterocycles. The van der Waals surface area contributed by atoms with E-state index in [1.54, 1.807) is 19.2 Å². The first kappa shape index (κ1) is 23.5. The Balaban J connectivity index is 1.53. The number of pyridine rings is 2. The molecule has 34 heavy (non-hydrogen) atoms. The summed E-state index contributed by atoms with van der Waals surface area (Å²) >= 11 is 0. The van der Waals surface area contributed by atoms with E-state index in [0.717, 1.165) is 12.1 Å². The van der Waals surface area contributed by atoms with Crippen molar-refractivity contribution in [2.45, 2.75) is 25.9 Å². The van der Waals surface area contributed by atoms with Gasteiger partial charge in [-0.2, -0.15) is 5.26 Å². The summed E-state index contributed by atoms with van der Waals surface area (Å²) in [6, 6.07) is 10.2. The zero-order valence-corrected chi connectivity index (χ0v) is 18.4. The van der Waals surface area contributed by atoms with Crippen LogP contribution in [-0.2, 0) is 13.6 Å². The molecule has 3 heterocycles. The molecular weight excluding hydrogens is 454 g/mol. The first-order valence-electron chi connectivity index (χ1n) is 10.5. The molecule has 1 saturated heterocycles. The van der Waals surface area contributed by atoms with Crippen LogP contribution in [0.1, 0.15) is 18.2 Å². The highest BCUT2D eigenvalue weighted by Crippen LogP contribution is 2.29. The van der Waals surface area contributed by atoms with Gasteiger partial charge in [-0.1, -0.05) is 6.07 Å². The Morgan fingerprint density at radius 3 is 2.62 bits per heavy atom. The summed E-state index contributed by atoms with van der Waals surface area (Å²) in [6.45, 7) is 4.00. The summed E-state index contributed by atoms with van der Waals surface area (Å²) in [5.41, 5.74) is 2.39. The van der Waals surface area contributed by atoms with Crippen molar-refractivity contribution in [1.29, 1.82) is 5.26 Å². The molecule has 1 aromatic carbocycles. The molecule has 11 heteroatoms. The number of nitrogens with zero attached hydrogens (tertiary/aromatic N) is 5. The predicted octanol–water partition coefficient (Wildman–Crippen LogP) is 3.55. The van der Waals surface area contributed by atoms with Crippen molar-refractivity contribution < 1.29 is 22.3 Å². The van der Waals surface area contributed by atoms with Crippen LogP contribution in [0, 0.1) is 17.1 Å². The number of ether oxygens (including phenoxy) is 1. The summed E-state index contributed by atoms with van der Waals surface area (Å²) in [7, 11) is 1.65. The SMILES string of the molecule is C[C@H]1CN(Cc2ccc(OC(F)(F)F)c(F)c2)CCN1c1cc(=O)n(C)c2ccc(C#N)nc12. The Morgan fingerprint density at radius 1 is 1.21 bits per heavy atom. The molecule has 1 fully saturated rings. The summed E-state index contributed by atoms with van der Waals surface area (Å²) in [6.07, 6.45) is -4.96. The molecule has 178 valence electrons. The van der Waals surface area contributed by atoms with Gasteiger partial charge in [-0.25, -0.2) is 9.37 Å². The van der Waals surface area contributed by atoms with Gasteiger partial charge in [0.05, 0.1) is 11.2 Å². The normalized spacial score (nSPS) is 17.1. The van der Waals surface area contributed by atoms with Crippen LogP contribution < -0.4 is 15.2 Å². The Hall–Kier alpha value is -3.65. The van der Waals surface area contributed by atoms with Gasteiger partial charge in [-0.3, -0.25) is 9.69 Å². The maximum atomic E-state index is 14.1. The second-order valence-corrected chi connectivity index (χ2v) is 8.19. The lowest BCUT2D eigenvalue weighted by Gasteiger charge is -2.41. The number of halogens is 4. The van der Waals surface area contributed by atoms with Gasteiger partial charge < -0.3 is 14.2 Å². The van der Waals surface area contributed by atoms with E-state index in [1.165, 1.54) is 16.7 Å². The maximum Gasteiger partial charge on any atom is 0.573 e. The van der Waals surface area contributed by atoms with Crippen LogP contribution >= 0.6 is 0 Å². The second-order valence-electron chi connectivity index (χ2n) is 8.19. The fourth-order valence-corrected chi connectivity index (χ4v) is 4.24. The Morgan fingerprint density at radius 2 is 1.97 bits per heavy atom. The van der Waals surface area contributed by atoms with Gasteiger partial charge in [0.2, 0.25) is 0 Å². The zero-order chi connectivity index (χ0) is 24.6. The van der Waals surface area contributed by atoms with Crippen LogP contribution in [0.3, 0.4) is 0 Å². The summed E-state index contributed by atoms with van der Waals surface area (Å²) < 4.78 is 56.3. The third kappa shape index (κ3) is 4.82. The number of rotatable bonds is 4. The van der Waals surface area contributed by atoms with Crippen molar-refractivity contribution in [3.63, 3.8) is 0 Å². The standard InChI is InChI=1S/C23H21F4N5O2/c1-14-12-31(13-15-3-6-20(17(24)9-15)34-23(25,26)27)7-8-32(14)19-10-21(33)30(2)18-5-4-16(11-28)29-22(18)19/h3-6,9-10,14H,7-8,12-13H2,1-2H3/t14-/m0/s1. The highest BCUT2D eigenvalue weighted by molar-refractivity contribution is 5.88. The van der Waals surface area contributed by atoms with Gasteiger partial charge in [-0.15, -0.1) is 13.2 Å². The van der Waals surface area contributed by atoms with Crippen LogP contribution in [-0.4, -0.2) is 46.5 Å². The Bertz CT molecular complexity index is 1330. The lowest BCUT2D eigenvalue weighted by molar-refractivity contribution is -0.275. The van der Waals surface area contributed by atoms with Crippen molar-refractivity contribution in [1.82, 2.24) is 14.5 Å². The van der Waals surface area contributed by atoms with E-state index >= 15 is 0 Å². The van der Waals surface area contributed by atoms with Crippen molar-refractivity contribution in [2.24, 2.45) is 7.05 Å². The van der Waals surface area contributed by atoms with Crippen LogP contribution in [0.2, 0.25) is 0 Å². The molecule has 0 amide bonds. The van der Waals surface area contributed by atoms with Crippen molar-refractivity contribution in [2.75, 3.05) is 24.5 Å². The summed E-state index contributed by atoms with van der Waals surface area (Å²) in [5, 5.41) is 9.25. The molecule has 7 nitrogen and oxygen atoms in total. The largest absolute Gasteiger partial charge is 0.573 e. The number of hydrogen-bond donors (Lipinski definition) is 0. The topological polar surface area (TPSA) is 74.4 Å².